The van der Waals surface area contributed by atoms with Crippen molar-refractivity contribution in [2.24, 2.45) is 0 Å². The molecule has 0 aromatic carbocycles. The van der Waals surface area contributed by atoms with Crippen molar-refractivity contribution in [1.29, 1.82) is 0 Å². The molecule has 4 heteroatoms. The van der Waals surface area contributed by atoms with Gasteiger partial charge in [-0.15, -0.1) is 0 Å². The van der Waals surface area contributed by atoms with Crippen molar-refractivity contribution in [3.05, 3.63) is 30.2 Å². The molecule has 0 spiro atoms. The summed E-state index contributed by atoms with van der Waals surface area (Å²) < 4.78 is 1.96. The molecule has 84 valence electrons. The molecule has 2 heterocycles. The maximum absolute atomic E-state index is 5.67. The number of anilines is 1. The molecule has 0 amide bonds. The van der Waals surface area contributed by atoms with Crippen LogP contribution in [-0.4, -0.2) is 14.8 Å². The SMILES string of the molecule is Cc1nn(C(C)C)cc1-c1ccnc(N)c1. The number of hydrogen-bond acceptors (Lipinski definition) is 3. The lowest BCUT2D eigenvalue weighted by Crippen LogP contribution is -2.00. The standard InChI is InChI=1S/C12H16N4/c1-8(2)16-7-11(9(3)15-16)10-4-5-14-12(13)6-10/h4-8H,1-3H3,(H2,13,14). The molecule has 2 rings (SSSR count). The Morgan fingerprint density at radius 2 is 2.12 bits per heavy atom. The van der Waals surface area contributed by atoms with E-state index in [1.54, 1.807) is 6.20 Å². The normalized spacial score (nSPS) is 11.0. The van der Waals surface area contributed by atoms with Gasteiger partial charge in [-0.25, -0.2) is 4.98 Å². The fraction of sp³-hybridized carbons (Fsp3) is 0.333. The fourth-order valence-corrected chi connectivity index (χ4v) is 1.65. The smallest absolute Gasteiger partial charge is 0.123 e. The van der Waals surface area contributed by atoms with Crippen molar-refractivity contribution in [3.63, 3.8) is 0 Å². The first-order valence-corrected chi connectivity index (χ1v) is 5.35. The largest absolute Gasteiger partial charge is 0.384 e. The van der Waals surface area contributed by atoms with E-state index < -0.39 is 0 Å². The average molecular weight is 216 g/mol. The number of hydrogen-bond donors (Lipinski definition) is 1. The van der Waals surface area contributed by atoms with Crippen LogP contribution in [0.3, 0.4) is 0 Å². The number of nitrogen functional groups attached to an aromatic ring is 1. The van der Waals surface area contributed by atoms with E-state index in [-0.39, 0.29) is 0 Å². The third-order valence-electron chi connectivity index (χ3n) is 2.54. The molecule has 2 N–H and O–H groups in total. The van der Waals surface area contributed by atoms with E-state index >= 15 is 0 Å². The van der Waals surface area contributed by atoms with Crippen LogP contribution in [0.25, 0.3) is 11.1 Å². The van der Waals surface area contributed by atoms with E-state index in [2.05, 4.69) is 30.1 Å². The van der Waals surface area contributed by atoms with Crippen molar-refractivity contribution in [1.82, 2.24) is 14.8 Å². The van der Waals surface area contributed by atoms with Gasteiger partial charge in [-0.1, -0.05) is 0 Å². The molecule has 0 aliphatic rings. The Balaban J connectivity index is 2.48. The summed E-state index contributed by atoms with van der Waals surface area (Å²) >= 11 is 0. The number of aromatic nitrogens is 3. The van der Waals surface area contributed by atoms with Crippen molar-refractivity contribution >= 4 is 5.82 Å². The molecule has 0 aliphatic heterocycles. The molecule has 0 bridgehead atoms. The highest BCUT2D eigenvalue weighted by Gasteiger charge is 2.09. The van der Waals surface area contributed by atoms with E-state index in [1.807, 2.05) is 23.7 Å². The second-order valence-electron chi connectivity index (χ2n) is 4.17. The zero-order valence-corrected chi connectivity index (χ0v) is 9.81. The van der Waals surface area contributed by atoms with Gasteiger partial charge in [0.1, 0.15) is 5.82 Å². The van der Waals surface area contributed by atoms with Crippen LogP contribution in [0.4, 0.5) is 5.82 Å². The summed E-state index contributed by atoms with van der Waals surface area (Å²) in [5.74, 6) is 0.536. The van der Waals surface area contributed by atoms with Gasteiger partial charge in [-0.3, -0.25) is 4.68 Å². The Morgan fingerprint density at radius 3 is 2.69 bits per heavy atom. The Bertz CT molecular complexity index is 499. The van der Waals surface area contributed by atoms with Crippen molar-refractivity contribution < 1.29 is 0 Å². The van der Waals surface area contributed by atoms with E-state index in [4.69, 9.17) is 5.73 Å². The van der Waals surface area contributed by atoms with Crippen LogP contribution in [0.1, 0.15) is 25.6 Å². The number of aryl methyl sites for hydroxylation is 1. The predicted molar refractivity (Wildman–Crippen MR) is 65.0 cm³/mol. The van der Waals surface area contributed by atoms with Gasteiger partial charge >= 0.3 is 0 Å². The third kappa shape index (κ3) is 1.91. The number of nitrogens with two attached hydrogens (primary N) is 1. The van der Waals surface area contributed by atoms with E-state index in [0.717, 1.165) is 16.8 Å². The lowest BCUT2D eigenvalue weighted by Gasteiger charge is -2.03. The van der Waals surface area contributed by atoms with Crippen LogP contribution in [0, 0.1) is 6.92 Å². The topological polar surface area (TPSA) is 56.7 Å². The van der Waals surface area contributed by atoms with Gasteiger partial charge in [0.2, 0.25) is 0 Å². The van der Waals surface area contributed by atoms with E-state index in [9.17, 15) is 0 Å². The van der Waals surface area contributed by atoms with Crippen LogP contribution in [-0.2, 0) is 0 Å². The van der Waals surface area contributed by atoms with Gasteiger partial charge < -0.3 is 5.73 Å². The summed E-state index contributed by atoms with van der Waals surface area (Å²) in [6.07, 6.45) is 3.77. The number of pyridine rings is 1. The van der Waals surface area contributed by atoms with Crippen molar-refractivity contribution in [3.8, 4) is 11.1 Å². The molecule has 0 radical (unpaired) electrons. The zero-order chi connectivity index (χ0) is 11.7. The minimum Gasteiger partial charge on any atom is -0.384 e. The Hall–Kier alpha value is -1.84. The molecular weight excluding hydrogens is 200 g/mol. The summed E-state index contributed by atoms with van der Waals surface area (Å²) in [4.78, 5) is 3.99. The summed E-state index contributed by atoms with van der Waals surface area (Å²) in [6, 6.07) is 4.19. The molecule has 2 aromatic rings. The minimum atomic E-state index is 0.367. The molecule has 0 atom stereocenters. The predicted octanol–water partition coefficient (Wildman–Crippen LogP) is 2.42. The van der Waals surface area contributed by atoms with Crippen molar-refractivity contribution in [2.45, 2.75) is 26.8 Å². The maximum atomic E-state index is 5.67. The first-order valence-electron chi connectivity index (χ1n) is 5.35. The van der Waals surface area contributed by atoms with Gasteiger partial charge in [0.05, 0.1) is 5.69 Å². The second-order valence-corrected chi connectivity index (χ2v) is 4.17. The highest BCUT2D eigenvalue weighted by Crippen LogP contribution is 2.24. The number of rotatable bonds is 2. The number of nitrogens with zero attached hydrogens (tertiary/aromatic N) is 3. The highest BCUT2D eigenvalue weighted by molar-refractivity contribution is 5.67. The van der Waals surface area contributed by atoms with Gasteiger partial charge in [-0.2, -0.15) is 5.10 Å². The van der Waals surface area contributed by atoms with Crippen molar-refractivity contribution in [2.75, 3.05) is 5.73 Å². The van der Waals surface area contributed by atoms with E-state index in [0.29, 0.717) is 11.9 Å². The average Bonchev–Trinajstić information content (AvgIpc) is 2.60. The summed E-state index contributed by atoms with van der Waals surface area (Å²) in [6.45, 7) is 6.22. The summed E-state index contributed by atoms with van der Waals surface area (Å²) in [7, 11) is 0. The van der Waals surface area contributed by atoms with Crippen LogP contribution < -0.4 is 5.73 Å². The van der Waals surface area contributed by atoms with Crippen LogP contribution >= 0.6 is 0 Å². The molecule has 0 unspecified atom stereocenters. The first kappa shape index (κ1) is 10.7. The molecule has 0 saturated heterocycles. The quantitative estimate of drug-likeness (QED) is 0.838. The summed E-state index contributed by atoms with van der Waals surface area (Å²) in [5.41, 5.74) is 8.87. The maximum Gasteiger partial charge on any atom is 0.123 e. The monoisotopic (exact) mass is 216 g/mol. The van der Waals surface area contributed by atoms with Crippen LogP contribution in [0.15, 0.2) is 24.5 Å². The Labute approximate surface area is 95.1 Å². The Morgan fingerprint density at radius 1 is 1.38 bits per heavy atom. The van der Waals surface area contributed by atoms with Gasteiger partial charge in [0, 0.05) is 24.0 Å². The summed E-state index contributed by atoms with van der Waals surface area (Å²) in [5, 5.41) is 4.47. The lowest BCUT2D eigenvalue weighted by atomic mass is 10.1. The van der Waals surface area contributed by atoms with Crippen LogP contribution in [0.5, 0.6) is 0 Å². The minimum absolute atomic E-state index is 0.367. The fourth-order valence-electron chi connectivity index (χ4n) is 1.65. The first-order chi connectivity index (χ1) is 7.58. The van der Waals surface area contributed by atoms with Gasteiger partial charge in [0.25, 0.3) is 0 Å². The molecule has 2 aromatic heterocycles. The van der Waals surface area contributed by atoms with Crippen LogP contribution in [0.2, 0.25) is 0 Å². The van der Waals surface area contributed by atoms with Gasteiger partial charge in [0.15, 0.2) is 0 Å². The zero-order valence-electron chi connectivity index (χ0n) is 9.81. The van der Waals surface area contributed by atoms with Gasteiger partial charge in [-0.05, 0) is 38.5 Å². The molecular formula is C12H16N4. The molecule has 16 heavy (non-hydrogen) atoms. The molecule has 0 aliphatic carbocycles. The molecule has 0 fully saturated rings. The Kier molecular flexibility index (Phi) is 2.64. The highest BCUT2D eigenvalue weighted by atomic mass is 15.3. The third-order valence-corrected chi connectivity index (χ3v) is 2.54. The molecule has 0 saturated carbocycles. The molecule has 4 nitrogen and oxygen atoms in total. The lowest BCUT2D eigenvalue weighted by molar-refractivity contribution is 0.529. The van der Waals surface area contributed by atoms with E-state index in [1.165, 1.54) is 0 Å². The second kappa shape index (κ2) is 3.96.